The van der Waals surface area contributed by atoms with E-state index in [0.29, 0.717) is 11.8 Å². The topological polar surface area (TPSA) is 20.3 Å². The summed E-state index contributed by atoms with van der Waals surface area (Å²) in [5.74, 6) is 0.691. The van der Waals surface area contributed by atoms with Crippen molar-refractivity contribution in [3.8, 4) is 0 Å². The van der Waals surface area contributed by atoms with Gasteiger partial charge in [0.2, 0.25) is 0 Å². The van der Waals surface area contributed by atoms with Gasteiger partial charge in [-0.15, -0.1) is 11.8 Å². The normalized spacial score (nSPS) is 13.9. The number of ketones is 1. The number of anilines is 1. The highest BCUT2D eigenvalue weighted by molar-refractivity contribution is 8.03. The van der Waals surface area contributed by atoms with E-state index in [1.807, 2.05) is 0 Å². The molecular formula is C19H27NOS. The SMILES string of the molecule is C=C(SCC(C)=O)N(c1ccc(C)c2c1CCCC2)C(C)C. The summed E-state index contributed by atoms with van der Waals surface area (Å²) in [5.41, 5.74) is 5.71. The summed E-state index contributed by atoms with van der Waals surface area (Å²) in [6.45, 7) is 12.5. The molecule has 2 nitrogen and oxygen atoms in total. The third-order valence-corrected chi connectivity index (χ3v) is 5.31. The van der Waals surface area contributed by atoms with Crippen molar-refractivity contribution in [1.29, 1.82) is 0 Å². The number of carbonyl (C=O) groups is 1. The zero-order valence-corrected chi connectivity index (χ0v) is 15.1. The van der Waals surface area contributed by atoms with Crippen LogP contribution in [0, 0.1) is 6.92 Å². The first-order valence-electron chi connectivity index (χ1n) is 8.13. The number of rotatable bonds is 6. The average molecular weight is 317 g/mol. The zero-order valence-electron chi connectivity index (χ0n) is 14.2. The molecule has 0 aliphatic heterocycles. The van der Waals surface area contributed by atoms with Gasteiger partial charge < -0.3 is 4.90 Å². The Bertz CT molecular complexity index is 577. The molecule has 0 N–H and O–H groups in total. The van der Waals surface area contributed by atoms with Gasteiger partial charge >= 0.3 is 0 Å². The van der Waals surface area contributed by atoms with E-state index in [2.05, 4.69) is 44.4 Å². The van der Waals surface area contributed by atoms with Crippen LogP contribution in [0.5, 0.6) is 0 Å². The van der Waals surface area contributed by atoms with Crippen LogP contribution in [0.4, 0.5) is 5.69 Å². The van der Waals surface area contributed by atoms with Crippen molar-refractivity contribution in [3.05, 3.63) is 40.4 Å². The molecule has 3 heteroatoms. The summed E-state index contributed by atoms with van der Waals surface area (Å²) < 4.78 is 0. The smallest absolute Gasteiger partial charge is 0.140 e. The lowest BCUT2D eigenvalue weighted by Crippen LogP contribution is -2.30. The van der Waals surface area contributed by atoms with E-state index in [1.54, 1.807) is 18.7 Å². The fourth-order valence-electron chi connectivity index (χ4n) is 3.21. The Kier molecular flexibility index (Phi) is 5.74. The molecule has 0 saturated carbocycles. The van der Waals surface area contributed by atoms with Crippen molar-refractivity contribution in [2.24, 2.45) is 0 Å². The summed E-state index contributed by atoms with van der Waals surface area (Å²) in [4.78, 5) is 13.6. The number of fused-ring (bicyclic) bond motifs is 1. The fourth-order valence-corrected chi connectivity index (χ4v) is 4.03. The van der Waals surface area contributed by atoms with Gasteiger partial charge in [0.15, 0.2) is 0 Å². The lowest BCUT2D eigenvalue weighted by Gasteiger charge is -2.34. The van der Waals surface area contributed by atoms with Crippen LogP contribution in [0.1, 0.15) is 50.3 Å². The second kappa shape index (κ2) is 7.36. The van der Waals surface area contributed by atoms with Gasteiger partial charge in [-0.3, -0.25) is 4.79 Å². The molecule has 0 atom stereocenters. The number of aryl methyl sites for hydroxylation is 1. The van der Waals surface area contributed by atoms with Crippen LogP contribution in [0.2, 0.25) is 0 Å². The summed E-state index contributed by atoms with van der Waals surface area (Å²) in [6.07, 6.45) is 4.90. The van der Waals surface area contributed by atoms with Gasteiger partial charge in [0.05, 0.1) is 10.8 Å². The van der Waals surface area contributed by atoms with E-state index in [4.69, 9.17) is 0 Å². The lowest BCUT2D eigenvalue weighted by molar-refractivity contribution is -0.114. The number of thioether (sulfide) groups is 1. The Morgan fingerprint density at radius 1 is 1.27 bits per heavy atom. The molecule has 0 unspecified atom stereocenters. The number of Topliss-reactive ketones (excluding diaryl/α,β-unsaturated/α-hetero) is 1. The second-order valence-electron chi connectivity index (χ2n) is 6.41. The van der Waals surface area contributed by atoms with Gasteiger partial charge in [-0.05, 0) is 76.1 Å². The van der Waals surface area contributed by atoms with Gasteiger partial charge in [0.25, 0.3) is 0 Å². The molecule has 0 amide bonds. The molecule has 1 aliphatic rings. The lowest BCUT2D eigenvalue weighted by atomic mass is 9.87. The highest BCUT2D eigenvalue weighted by Crippen LogP contribution is 2.37. The maximum Gasteiger partial charge on any atom is 0.140 e. The van der Waals surface area contributed by atoms with Crippen molar-refractivity contribution in [2.75, 3.05) is 10.7 Å². The summed E-state index contributed by atoms with van der Waals surface area (Å²) in [5, 5.41) is 0.974. The van der Waals surface area contributed by atoms with Crippen molar-refractivity contribution in [2.45, 2.75) is 59.4 Å². The standard InChI is InChI=1S/C19H27NOS/c1-13(2)20(16(5)22-12-15(4)21)19-11-10-14(3)17-8-6-7-9-18(17)19/h10-11,13H,5-9,12H2,1-4H3. The zero-order chi connectivity index (χ0) is 16.3. The first kappa shape index (κ1) is 17.1. The predicted octanol–water partition coefficient (Wildman–Crippen LogP) is 4.88. The van der Waals surface area contributed by atoms with Crippen molar-refractivity contribution in [3.63, 3.8) is 0 Å². The number of hydrogen-bond acceptors (Lipinski definition) is 3. The van der Waals surface area contributed by atoms with Gasteiger partial charge in [-0.25, -0.2) is 0 Å². The van der Waals surface area contributed by atoms with Gasteiger partial charge in [-0.2, -0.15) is 0 Å². The van der Waals surface area contributed by atoms with Crippen LogP contribution in [0.3, 0.4) is 0 Å². The maximum atomic E-state index is 11.3. The molecular weight excluding hydrogens is 290 g/mol. The van der Waals surface area contributed by atoms with E-state index in [0.717, 1.165) is 11.4 Å². The minimum absolute atomic E-state index is 0.195. The van der Waals surface area contributed by atoms with E-state index >= 15 is 0 Å². The minimum Gasteiger partial charge on any atom is -0.334 e. The van der Waals surface area contributed by atoms with Crippen LogP contribution >= 0.6 is 11.8 Å². The molecule has 22 heavy (non-hydrogen) atoms. The Hall–Kier alpha value is -1.22. The van der Waals surface area contributed by atoms with Crippen LogP contribution in [0.15, 0.2) is 23.7 Å². The molecule has 1 aromatic carbocycles. The number of nitrogens with zero attached hydrogens (tertiary/aromatic N) is 1. The number of carbonyl (C=O) groups excluding carboxylic acids is 1. The maximum absolute atomic E-state index is 11.3. The number of hydrogen-bond donors (Lipinski definition) is 0. The molecule has 2 rings (SSSR count). The highest BCUT2D eigenvalue weighted by Gasteiger charge is 2.22. The molecule has 0 fully saturated rings. The third kappa shape index (κ3) is 3.75. The molecule has 0 aromatic heterocycles. The summed E-state index contributed by atoms with van der Waals surface area (Å²) in [6, 6.07) is 4.80. The molecule has 120 valence electrons. The van der Waals surface area contributed by atoms with Gasteiger partial charge in [-0.1, -0.05) is 12.6 Å². The molecule has 0 spiro atoms. The van der Waals surface area contributed by atoms with Gasteiger partial charge in [0, 0.05) is 11.7 Å². The second-order valence-corrected chi connectivity index (χ2v) is 7.46. The summed E-state index contributed by atoms with van der Waals surface area (Å²) in [7, 11) is 0. The fraction of sp³-hybridized carbons (Fsp3) is 0.526. The van der Waals surface area contributed by atoms with E-state index in [9.17, 15) is 4.79 Å². The van der Waals surface area contributed by atoms with Crippen molar-refractivity contribution in [1.82, 2.24) is 0 Å². The number of benzene rings is 1. The largest absolute Gasteiger partial charge is 0.334 e. The molecule has 0 radical (unpaired) electrons. The molecule has 0 heterocycles. The minimum atomic E-state index is 0.195. The predicted molar refractivity (Wildman–Crippen MR) is 97.7 cm³/mol. The summed E-state index contributed by atoms with van der Waals surface area (Å²) >= 11 is 1.55. The van der Waals surface area contributed by atoms with Crippen molar-refractivity contribution < 1.29 is 4.79 Å². The van der Waals surface area contributed by atoms with E-state index < -0.39 is 0 Å². The van der Waals surface area contributed by atoms with Crippen LogP contribution in [-0.2, 0) is 17.6 Å². The van der Waals surface area contributed by atoms with E-state index in [-0.39, 0.29) is 5.78 Å². The molecule has 1 aromatic rings. The first-order valence-corrected chi connectivity index (χ1v) is 9.12. The van der Waals surface area contributed by atoms with Crippen molar-refractivity contribution >= 4 is 23.2 Å². The monoisotopic (exact) mass is 317 g/mol. The Balaban J connectivity index is 2.37. The molecule has 0 saturated heterocycles. The van der Waals surface area contributed by atoms with Crippen LogP contribution in [0.25, 0.3) is 0 Å². The van der Waals surface area contributed by atoms with Gasteiger partial charge in [0.1, 0.15) is 5.78 Å². The van der Waals surface area contributed by atoms with E-state index in [1.165, 1.54) is 41.6 Å². The third-order valence-electron chi connectivity index (χ3n) is 4.23. The quantitative estimate of drug-likeness (QED) is 0.745. The first-order chi connectivity index (χ1) is 10.4. The average Bonchev–Trinajstić information content (AvgIpc) is 2.48. The van der Waals surface area contributed by atoms with Crippen LogP contribution < -0.4 is 4.90 Å². The Morgan fingerprint density at radius 3 is 2.50 bits per heavy atom. The molecule has 0 bridgehead atoms. The van der Waals surface area contributed by atoms with Crippen LogP contribution in [-0.4, -0.2) is 17.6 Å². The Labute approximate surface area is 139 Å². The molecule has 1 aliphatic carbocycles. The Morgan fingerprint density at radius 2 is 1.91 bits per heavy atom. The highest BCUT2D eigenvalue weighted by atomic mass is 32.2.